The third-order valence-corrected chi connectivity index (χ3v) is 4.56. The Bertz CT molecular complexity index is 595. The third-order valence-electron chi connectivity index (χ3n) is 4.56. The Kier molecular flexibility index (Phi) is 4.67. The highest BCUT2D eigenvalue weighted by atomic mass is 19.4. The van der Waals surface area contributed by atoms with E-state index in [9.17, 15) is 18.0 Å². The zero-order valence-corrected chi connectivity index (χ0v) is 13.5. The van der Waals surface area contributed by atoms with Crippen molar-refractivity contribution in [1.29, 1.82) is 0 Å². The number of hydrogen-bond acceptors (Lipinski definition) is 4. The van der Waals surface area contributed by atoms with Gasteiger partial charge in [0.05, 0.1) is 11.6 Å². The van der Waals surface area contributed by atoms with E-state index in [0.717, 1.165) is 18.9 Å². The molecule has 0 bridgehead atoms. The summed E-state index contributed by atoms with van der Waals surface area (Å²) < 4.78 is 39.3. The predicted molar refractivity (Wildman–Crippen MR) is 83.7 cm³/mol. The summed E-state index contributed by atoms with van der Waals surface area (Å²) in [6.45, 7) is 3.75. The summed E-state index contributed by atoms with van der Waals surface area (Å²) in [5.74, 6) is -0.0282. The van der Waals surface area contributed by atoms with Gasteiger partial charge in [0, 0.05) is 38.4 Å². The van der Waals surface area contributed by atoms with Crippen molar-refractivity contribution in [2.24, 2.45) is 0 Å². The Hall–Kier alpha value is -1.83. The van der Waals surface area contributed by atoms with E-state index in [-0.39, 0.29) is 17.8 Å². The Morgan fingerprint density at radius 3 is 2.54 bits per heavy atom. The molecule has 2 fully saturated rings. The molecule has 1 aromatic heterocycles. The maximum Gasteiger partial charge on any atom is 0.419 e. The van der Waals surface area contributed by atoms with Crippen LogP contribution in [0.4, 0.5) is 19.0 Å². The van der Waals surface area contributed by atoms with Crippen LogP contribution in [0.2, 0.25) is 0 Å². The molecule has 1 atom stereocenters. The van der Waals surface area contributed by atoms with Gasteiger partial charge in [0.25, 0.3) is 0 Å². The van der Waals surface area contributed by atoms with Gasteiger partial charge in [-0.05, 0) is 31.9 Å². The van der Waals surface area contributed by atoms with Crippen LogP contribution in [0.1, 0.15) is 25.3 Å². The maximum atomic E-state index is 13.1. The summed E-state index contributed by atoms with van der Waals surface area (Å²) >= 11 is 0. The predicted octanol–water partition coefficient (Wildman–Crippen LogP) is 1.89. The van der Waals surface area contributed by atoms with Crippen LogP contribution >= 0.6 is 0 Å². The first-order valence-corrected chi connectivity index (χ1v) is 8.18. The molecule has 1 saturated carbocycles. The molecule has 3 rings (SSSR count). The zero-order chi connectivity index (χ0) is 17.3. The lowest BCUT2D eigenvalue weighted by atomic mass is 10.2. The number of pyridine rings is 1. The number of anilines is 1. The minimum atomic E-state index is -4.42. The Balaban J connectivity index is 1.62. The molecule has 1 N–H and O–H groups in total. The summed E-state index contributed by atoms with van der Waals surface area (Å²) in [5.41, 5.74) is -0.710. The number of carbonyl (C=O) groups is 1. The van der Waals surface area contributed by atoms with Gasteiger partial charge in [-0.3, -0.25) is 9.69 Å². The average Bonchev–Trinajstić information content (AvgIpc) is 3.37. The van der Waals surface area contributed by atoms with Gasteiger partial charge in [-0.25, -0.2) is 4.98 Å². The lowest BCUT2D eigenvalue weighted by molar-refractivity contribution is -0.137. The van der Waals surface area contributed by atoms with Crippen LogP contribution in [0.25, 0.3) is 0 Å². The molecule has 1 amide bonds. The first-order valence-electron chi connectivity index (χ1n) is 8.18. The lowest BCUT2D eigenvalue weighted by Crippen LogP contribution is -2.54. The average molecular weight is 342 g/mol. The smallest absolute Gasteiger partial charge is 0.354 e. The van der Waals surface area contributed by atoms with Crippen molar-refractivity contribution >= 4 is 11.7 Å². The number of hydrogen-bond donors (Lipinski definition) is 1. The van der Waals surface area contributed by atoms with Crippen LogP contribution in [0.3, 0.4) is 0 Å². The SMILES string of the molecule is C[C@@H](C(=O)NC1CC1)N1CCN(c2ncccc2C(F)(F)F)CC1. The van der Waals surface area contributed by atoms with Crippen molar-refractivity contribution in [2.75, 3.05) is 31.1 Å². The number of rotatable bonds is 4. The number of aromatic nitrogens is 1. The van der Waals surface area contributed by atoms with Crippen molar-refractivity contribution in [3.63, 3.8) is 0 Å². The maximum absolute atomic E-state index is 13.1. The molecule has 0 aromatic carbocycles. The van der Waals surface area contributed by atoms with Crippen molar-refractivity contribution in [3.05, 3.63) is 23.9 Å². The van der Waals surface area contributed by atoms with Crippen molar-refractivity contribution in [1.82, 2.24) is 15.2 Å². The molecule has 132 valence electrons. The number of alkyl halides is 3. The van der Waals surface area contributed by atoms with E-state index in [2.05, 4.69) is 10.3 Å². The summed E-state index contributed by atoms with van der Waals surface area (Å²) in [6, 6.07) is 2.40. The lowest BCUT2D eigenvalue weighted by Gasteiger charge is -2.38. The first-order chi connectivity index (χ1) is 11.4. The number of nitrogens with zero attached hydrogens (tertiary/aromatic N) is 3. The molecule has 0 unspecified atom stereocenters. The second-order valence-electron chi connectivity index (χ2n) is 6.35. The largest absolute Gasteiger partial charge is 0.419 e. The summed E-state index contributed by atoms with van der Waals surface area (Å²) in [7, 11) is 0. The molecule has 5 nitrogen and oxygen atoms in total. The van der Waals surface area contributed by atoms with E-state index in [4.69, 9.17) is 0 Å². The highest BCUT2D eigenvalue weighted by molar-refractivity contribution is 5.81. The van der Waals surface area contributed by atoms with E-state index >= 15 is 0 Å². The number of nitrogens with one attached hydrogen (secondary N) is 1. The fraction of sp³-hybridized carbons (Fsp3) is 0.625. The number of piperazine rings is 1. The van der Waals surface area contributed by atoms with Gasteiger partial charge in [0.1, 0.15) is 5.82 Å². The molecule has 2 aliphatic rings. The van der Waals surface area contributed by atoms with E-state index in [1.54, 1.807) is 4.90 Å². The van der Waals surface area contributed by atoms with Crippen molar-refractivity contribution in [3.8, 4) is 0 Å². The topological polar surface area (TPSA) is 48.5 Å². The highest BCUT2D eigenvalue weighted by Gasteiger charge is 2.37. The number of carbonyl (C=O) groups excluding carboxylic acids is 1. The number of amides is 1. The van der Waals surface area contributed by atoms with E-state index in [0.29, 0.717) is 32.2 Å². The first kappa shape index (κ1) is 17.0. The van der Waals surface area contributed by atoms with Crippen LogP contribution in [-0.4, -0.2) is 54.1 Å². The summed E-state index contributed by atoms with van der Waals surface area (Å²) in [5, 5.41) is 2.97. The second-order valence-corrected chi connectivity index (χ2v) is 6.35. The highest BCUT2D eigenvalue weighted by Crippen LogP contribution is 2.35. The molecule has 8 heteroatoms. The molecule has 0 radical (unpaired) electrons. The van der Waals surface area contributed by atoms with Gasteiger partial charge in [0.15, 0.2) is 0 Å². The monoisotopic (exact) mass is 342 g/mol. The third kappa shape index (κ3) is 3.80. The molecular weight excluding hydrogens is 321 g/mol. The van der Waals surface area contributed by atoms with Gasteiger partial charge in [0.2, 0.25) is 5.91 Å². The van der Waals surface area contributed by atoms with Gasteiger partial charge in [-0.15, -0.1) is 0 Å². The minimum Gasteiger partial charge on any atom is -0.354 e. The molecule has 0 spiro atoms. The number of halogens is 3. The fourth-order valence-electron chi connectivity index (χ4n) is 2.91. The quantitative estimate of drug-likeness (QED) is 0.908. The Morgan fingerprint density at radius 2 is 1.96 bits per heavy atom. The molecule has 2 heterocycles. The fourth-order valence-corrected chi connectivity index (χ4v) is 2.91. The van der Waals surface area contributed by atoms with Crippen LogP contribution in [0.5, 0.6) is 0 Å². The van der Waals surface area contributed by atoms with E-state index in [1.165, 1.54) is 12.3 Å². The Labute approximate surface area is 138 Å². The van der Waals surface area contributed by atoms with E-state index in [1.807, 2.05) is 11.8 Å². The van der Waals surface area contributed by atoms with Crippen LogP contribution < -0.4 is 10.2 Å². The molecule has 1 aliphatic carbocycles. The van der Waals surface area contributed by atoms with Gasteiger partial charge >= 0.3 is 6.18 Å². The van der Waals surface area contributed by atoms with Crippen LogP contribution in [0, 0.1) is 0 Å². The van der Waals surface area contributed by atoms with Crippen LogP contribution in [-0.2, 0) is 11.0 Å². The molecule has 1 aliphatic heterocycles. The van der Waals surface area contributed by atoms with Gasteiger partial charge in [-0.1, -0.05) is 0 Å². The van der Waals surface area contributed by atoms with E-state index < -0.39 is 11.7 Å². The second kappa shape index (κ2) is 6.58. The van der Waals surface area contributed by atoms with Crippen molar-refractivity contribution in [2.45, 2.75) is 38.0 Å². The minimum absolute atomic E-state index is 0.000216. The van der Waals surface area contributed by atoms with Gasteiger partial charge in [-0.2, -0.15) is 13.2 Å². The normalized spacial score (nSPS) is 20.8. The van der Waals surface area contributed by atoms with Crippen molar-refractivity contribution < 1.29 is 18.0 Å². The molecular formula is C16H21F3N4O. The van der Waals surface area contributed by atoms with Crippen LogP contribution in [0.15, 0.2) is 18.3 Å². The summed E-state index contributed by atoms with van der Waals surface area (Å²) in [6.07, 6.45) is -0.973. The molecule has 1 saturated heterocycles. The zero-order valence-electron chi connectivity index (χ0n) is 13.5. The summed E-state index contributed by atoms with van der Waals surface area (Å²) in [4.78, 5) is 19.7. The molecule has 1 aromatic rings. The standard InChI is InChI=1S/C16H21F3N4O/c1-11(15(24)21-12-4-5-12)22-7-9-23(10-8-22)14-13(16(17,18)19)3-2-6-20-14/h2-3,6,11-12H,4-5,7-10H2,1H3,(H,21,24)/t11-/m0/s1. The molecule has 24 heavy (non-hydrogen) atoms. The Morgan fingerprint density at radius 1 is 1.29 bits per heavy atom. The van der Waals surface area contributed by atoms with Gasteiger partial charge < -0.3 is 10.2 Å².